The highest BCUT2D eigenvalue weighted by molar-refractivity contribution is 7.99. The molecule has 8 nitrogen and oxygen atoms in total. The third kappa shape index (κ3) is 4.95. The molecule has 2 aromatic carbocycles. The topological polar surface area (TPSA) is 112 Å². The summed E-state index contributed by atoms with van der Waals surface area (Å²) in [5.41, 5.74) is 6.44. The normalized spacial score (nSPS) is 11.7. The maximum Gasteiger partial charge on any atom is 0.277 e. The van der Waals surface area contributed by atoms with Crippen molar-refractivity contribution in [3.63, 3.8) is 0 Å². The number of ether oxygens (including phenoxy) is 1. The van der Waals surface area contributed by atoms with Crippen molar-refractivity contribution in [3.05, 3.63) is 59.9 Å². The van der Waals surface area contributed by atoms with Crippen molar-refractivity contribution >= 4 is 23.6 Å². The zero-order valence-corrected chi connectivity index (χ0v) is 17.1. The minimum absolute atomic E-state index is 0.0696. The summed E-state index contributed by atoms with van der Waals surface area (Å²) in [6, 6.07) is 11.4. The minimum atomic E-state index is -1.09. The van der Waals surface area contributed by atoms with Gasteiger partial charge in [-0.2, -0.15) is 0 Å². The zero-order chi connectivity index (χ0) is 21.7. The van der Waals surface area contributed by atoms with Gasteiger partial charge in [-0.05, 0) is 42.0 Å². The second kappa shape index (κ2) is 9.40. The first-order valence-corrected chi connectivity index (χ1v) is 9.78. The molecule has 0 aliphatic carbocycles. The fourth-order valence-electron chi connectivity index (χ4n) is 2.74. The highest BCUT2D eigenvalue weighted by Crippen LogP contribution is 2.26. The molecule has 30 heavy (non-hydrogen) atoms. The number of aromatic nitrogens is 2. The van der Waals surface area contributed by atoms with Gasteiger partial charge in [0.05, 0.1) is 12.9 Å². The van der Waals surface area contributed by atoms with Gasteiger partial charge in [0.15, 0.2) is 0 Å². The summed E-state index contributed by atoms with van der Waals surface area (Å²) in [5, 5.41) is 8.08. The maximum absolute atomic E-state index is 13.5. The van der Waals surface area contributed by atoms with Gasteiger partial charge in [-0.25, -0.2) is 4.39 Å². The summed E-state index contributed by atoms with van der Waals surface area (Å²) in [7, 11) is 3.00. The van der Waals surface area contributed by atoms with Crippen LogP contribution in [0.15, 0.2) is 58.2 Å². The monoisotopic (exact) mass is 430 g/mol. The molecule has 0 bridgehead atoms. The molecule has 0 aliphatic heterocycles. The highest BCUT2D eigenvalue weighted by Gasteiger charge is 2.27. The maximum atomic E-state index is 13.5. The number of primary amides is 1. The molecular formula is C20H19FN4O4S. The summed E-state index contributed by atoms with van der Waals surface area (Å²) in [6.07, 6.45) is 0. The number of rotatable bonds is 8. The molecule has 1 unspecified atom stereocenters. The molecule has 1 atom stereocenters. The molecule has 0 aliphatic rings. The lowest BCUT2D eigenvalue weighted by Crippen LogP contribution is -2.40. The Balaban J connectivity index is 1.65. The van der Waals surface area contributed by atoms with Crippen LogP contribution in [0.4, 0.5) is 4.39 Å². The number of amides is 2. The number of carbonyl (C=O) groups is 2. The Kier molecular flexibility index (Phi) is 6.68. The second-order valence-electron chi connectivity index (χ2n) is 6.25. The number of halogens is 1. The van der Waals surface area contributed by atoms with Crippen LogP contribution in [0.5, 0.6) is 5.75 Å². The molecule has 2 N–H and O–H groups in total. The van der Waals surface area contributed by atoms with E-state index in [1.165, 1.54) is 36.2 Å². The lowest BCUT2D eigenvalue weighted by Gasteiger charge is -2.25. The first-order valence-electron chi connectivity index (χ1n) is 8.80. The number of hydrogen-bond donors (Lipinski definition) is 1. The van der Waals surface area contributed by atoms with Crippen LogP contribution in [0.3, 0.4) is 0 Å². The van der Waals surface area contributed by atoms with Crippen molar-refractivity contribution in [3.8, 4) is 17.2 Å². The van der Waals surface area contributed by atoms with Gasteiger partial charge in [0.1, 0.15) is 17.6 Å². The SMILES string of the molecule is COc1ccc(-c2nnc(SCC(=O)N(C)C(C(N)=O)c3cccc(F)c3)o2)cc1. The average molecular weight is 430 g/mol. The van der Waals surface area contributed by atoms with Crippen LogP contribution in [-0.2, 0) is 9.59 Å². The van der Waals surface area contributed by atoms with Crippen molar-refractivity contribution in [1.29, 1.82) is 0 Å². The quantitative estimate of drug-likeness (QED) is 0.547. The van der Waals surface area contributed by atoms with Gasteiger partial charge < -0.3 is 19.8 Å². The zero-order valence-electron chi connectivity index (χ0n) is 16.2. The van der Waals surface area contributed by atoms with Crippen LogP contribution in [-0.4, -0.2) is 46.8 Å². The van der Waals surface area contributed by atoms with Gasteiger partial charge >= 0.3 is 0 Å². The van der Waals surface area contributed by atoms with Gasteiger partial charge in [-0.1, -0.05) is 23.9 Å². The summed E-state index contributed by atoms with van der Waals surface area (Å²) in [5.74, 6) is -0.761. The van der Waals surface area contributed by atoms with Crippen LogP contribution >= 0.6 is 11.8 Å². The number of methoxy groups -OCH3 is 1. The van der Waals surface area contributed by atoms with E-state index in [1.54, 1.807) is 31.4 Å². The third-order valence-electron chi connectivity index (χ3n) is 4.28. The summed E-state index contributed by atoms with van der Waals surface area (Å²) < 4.78 is 24.2. The second-order valence-corrected chi connectivity index (χ2v) is 7.18. The lowest BCUT2D eigenvalue weighted by molar-refractivity contribution is -0.136. The Bertz CT molecular complexity index is 1040. The van der Waals surface area contributed by atoms with Crippen LogP contribution in [0, 0.1) is 5.82 Å². The van der Waals surface area contributed by atoms with E-state index in [1.807, 2.05) is 0 Å². The van der Waals surface area contributed by atoms with E-state index in [9.17, 15) is 14.0 Å². The molecule has 3 rings (SSSR count). The fraction of sp³-hybridized carbons (Fsp3) is 0.200. The first-order chi connectivity index (χ1) is 14.4. The molecule has 1 heterocycles. The smallest absolute Gasteiger partial charge is 0.277 e. The molecule has 0 spiro atoms. The Labute approximate surface area is 176 Å². The largest absolute Gasteiger partial charge is 0.497 e. The minimum Gasteiger partial charge on any atom is -0.497 e. The van der Waals surface area contributed by atoms with E-state index in [-0.39, 0.29) is 11.0 Å². The van der Waals surface area contributed by atoms with Crippen LogP contribution in [0.2, 0.25) is 0 Å². The Morgan fingerprint density at radius 2 is 1.97 bits per heavy atom. The fourth-order valence-corrected chi connectivity index (χ4v) is 3.43. The van der Waals surface area contributed by atoms with Gasteiger partial charge in [0, 0.05) is 12.6 Å². The highest BCUT2D eigenvalue weighted by atomic mass is 32.2. The van der Waals surface area contributed by atoms with E-state index >= 15 is 0 Å². The number of nitrogens with two attached hydrogens (primary N) is 1. The molecule has 10 heteroatoms. The van der Waals surface area contributed by atoms with Gasteiger partial charge in [0.2, 0.25) is 17.7 Å². The predicted molar refractivity (Wildman–Crippen MR) is 108 cm³/mol. The van der Waals surface area contributed by atoms with E-state index in [0.717, 1.165) is 11.8 Å². The molecule has 0 fully saturated rings. The molecule has 156 valence electrons. The van der Waals surface area contributed by atoms with Crippen molar-refractivity contribution in [2.24, 2.45) is 5.73 Å². The molecule has 1 aromatic heterocycles. The van der Waals surface area contributed by atoms with Gasteiger partial charge in [-0.15, -0.1) is 10.2 Å². The summed E-state index contributed by atoms with van der Waals surface area (Å²) >= 11 is 1.03. The van der Waals surface area contributed by atoms with Crippen molar-refractivity contribution in [2.45, 2.75) is 11.3 Å². The van der Waals surface area contributed by atoms with Crippen molar-refractivity contribution < 1.29 is 23.1 Å². The molecule has 0 saturated carbocycles. The Hall–Kier alpha value is -3.40. The number of benzene rings is 2. The van der Waals surface area contributed by atoms with E-state index < -0.39 is 23.7 Å². The molecule has 2 amide bonds. The van der Waals surface area contributed by atoms with Crippen LogP contribution in [0.1, 0.15) is 11.6 Å². The standard InChI is InChI=1S/C20H19FN4O4S/c1-25(17(18(22)27)13-4-3-5-14(21)10-13)16(26)11-30-20-24-23-19(29-20)12-6-8-15(28-2)9-7-12/h3-10,17H,11H2,1-2H3,(H2,22,27). The van der Waals surface area contributed by atoms with E-state index in [4.69, 9.17) is 14.9 Å². The lowest BCUT2D eigenvalue weighted by atomic mass is 10.0. The van der Waals surface area contributed by atoms with Crippen molar-refractivity contribution in [1.82, 2.24) is 15.1 Å². The van der Waals surface area contributed by atoms with Gasteiger partial charge in [-0.3, -0.25) is 9.59 Å². The Morgan fingerprint density at radius 3 is 2.60 bits per heavy atom. The number of thioether (sulfide) groups is 1. The number of carbonyl (C=O) groups excluding carboxylic acids is 2. The molecule has 3 aromatic rings. The van der Waals surface area contributed by atoms with Crippen LogP contribution in [0.25, 0.3) is 11.5 Å². The van der Waals surface area contributed by atoms with Crippen molar-refractivity contribution in [2.75, 3.05) is 19.9 Å². The van der Waals surface area contributed by atoms with Gasteiger partial charge in [0.25, 0.3) is 5.22 Å². The van der Waals surface area contributed by atoms with E-state index in [0.29, 0.717) is 22.8 Å². The number of nitrogens with zero attached hydrogens (tertiary/aromatic N) is 3. The van der Waals surface area contributed by atoms with E-state index in [2.05, 4.69) is 10.2 Å². The summed E-state index contributed by atoms with van der Waals surface area (Å²) in [6.45, 7) is 0. The molecular weight excluding hydrogens is 411 g/mol. The third-order valence-corrected chi connectivity index (χ3v) is 5.08. The predicted octanol–water partition coefficient (Wildman–Crippen LogP) is 2.66. The summed E-state index contributed by atoms with van der Waals surface area (Å²) in [4.78, 5) is 25.6. The number of hydrogen-bond acceptors (Lipinski definition) is 7. The number of likely N-dealkylation sites (N-methyl/N-ethyl adjacent to an activating group) is 1. The Morgan fingerprint density at radius 1 is 1.23 bits per heavy atom. The molecule has 0 radical (unpaired) electrons. The van der Waals surface area contributed by atoms with Crippen LogP contribution < -0.4 is 10.5 Å². The molecule has 0 saturated heterocycles. The average Bonchev–Trinajstić information content (AvgIpc) is 3.21. The first kappa shape index (κ1) is 21.3.